The Hall–Kier alpha value is -2.14. The minimum atomic E-state index is -0.188. The van der Waals surface area contributed by atoms with Crippen molar-refractivity contribution in [2.75, 3.05) is 20.3 Å². The Labute approximate surface area is 123 Å². The van der Waals surface area contributed by atoms with Gasteiger partial charge in [-0.1, -0.05) is 0 Å². The minimum absolute atomic E-state index is 0.0758. The summed E-state index contributed by atoms with van der Waals surface area (Å²) in [6.45, 7) is 0.166. The monoisotopic (exact) mass is 286 g/mol. The van der Waals surface area contributed by atoms with Gasteiger partial charge in [-0.2, -0.15) is 0 Å². The number of carbonyl (C=O) groups excluding carboxylic acids is 1. The van der Waals surface area contributed by atoms with E-state index in [1.807, 2.05) is 24.3 Å². The number of nitrogens with zero attached hydrogens (tertiary/aromatic N) is 1. The van der Waals surface area contributed by atoms with Crippen LogP contribution >= 0.6 is 0 Å². The third-order valence-electron chi connectivity index (χ3n) is 3.67. The third-order valence-corrected chi connectivity index (χ3v) is 3.67. The molecule has 1 aromatic heterocycles. The standard InChI is InChI=1S/C16H18N2O3/c1-21-11-4-5-14-12(8-11)13(16(20)17-6-7-19)9-15(18-14)10-2-3-10/h4-5,8-10,19H,2-3,6-7H2,1H3,(H,17,20). The molecule has 0 aliphatic heterocycles. The normalized spacial score (nSPS) is 14.2. The number of aliphatic hydroxyl groups excluding tert-OH is 1. The number of nitrogens with one attached hydrogen (secondary N) is 1. The number of aromatic nitrogens is 1. The average Bonchev–Trinajstić information content (AvgIpc) is 3.35. The molecule has 3 rings (SSSR count). The van der Waals surface area contributed by atoms with Crippen LogP contribution in [0.3, 0.4) is 0 Å². The number of benzene rings is 1. The van der Waals surface area contributed by atoms with Crippen LogP contribution in [-0.4, -0.2) is 36.3 Å². The highest BCUT2D eigenvalue weighted by molar-refractivity contribution is 6.06. The topological polar surface area (TPSA) is 71.5 Å². The second-order valence-electron chi connectivity index (χ2n) is 5.23. The van der Waals surface area contributed by atoms with E-state index in [9.17, 15) is 4.79 Å². The van der Waals surface area contributed by atoms with Gasteiger partial charge in [-0.3, -0.25) is 9.78 Å². The van der Waals surface area contributed by atoms with E-state index < -0.39 is 0 Å². The molecule has 0 spiro atoms. The van der Waals surface area contributed by atoms with Crippen LogP contribution in [-0.2, 0) is 0 Å². The van der Waals surface area contributed by atoms with E-state index >= 15 is 0 Å². The number of hydrogen-bond donors (Lipinski definition) is 2. The van der Waals surface area contributed by atoms with E-state index in [1.165, 1.54) is 0 Å². The van der Waals surface area contributed by atoms with Crippen molar-refractivity contribution in [3.8, 4) is 5.75 Å². The molecule has 21 heavy (non-hydrogen) atoms. The number of methoxy groups -OCH3 is 1. The number of amides is 1. The summed E-state index contributed by atoms with van der Waals surface area (Å²) in [6.07, 6.45) is 2.26. The lowest BCUT2D eigenvalue weighted by Crippen LogP contribution is -2.26. The molecule has 1 heterocycles. The Bertz CT molecular complexity index is 681. The van der Waals surface area contributed by atoms with Gasteiger partial charge >= 0.3 is 0 Å². The first kappa shape index (κ1) is 13.8. The predicted molar refractivity (Wildman–Crippen MR) is 79.7 cm³/mol. The maximum absolute atomic E-state index is 12.3. The number of carbonyl (C=O) groups is 1. The molecular formula is C16H18N2O3. The minimum Gasteiger partial charge on any atom is -0.497 e. The number of rotatable bonds is 5. The van der Waals surface area contributed by atoms with Crippen molar-refractivity contribution in [2.45, 2.75) is 18.8 Å². The number of pyridine rings is 1. The second-order valence-corrected chi connectivity index (χ2v) is 5.23. The van der Waals surface area contributed by atoms with Gasteiger partial charge in [0.05, 0.1) is 24.8 Å². The number of aliphatic hydroxyl groups is 1. The van der Waals surface area contributed by atoms with Crippen LogP contribution in [0.2, 0.25) is 0 Å². The SMILES string of the molecule is COc1ccc2nc(C3CC3)cc(C(=O)NCCO)c2c1. The van der Waals surface area contributed by atoms with Crippen molar-refractivity contribution in [3.63, 3.8) is 0 Å². The lowest BCUT2D eigenvalue weighted by Gasteiger charge is -2.10. The molecule has 1 amide bonds. The first-order chi connectivity index (χ1) is 10.2. The summed E-state index contributed by atoms with van der Waals surface area (Å²) in [7, 11) is 1.60. The van der Waals surface area contributed by atoms with Crippen LogP contribution in [0.15, 0.2) is 24.3 Å². The summed E-state index contributed by atoms with van der Waals surface area (Å²) >= 11 is 0. The van der Waals surface area contributed by atoms with Crippen LogP contribution in [0.5, 0.6) is 5.75 Å². The molecule has 2 N–H and O–H groups in total. The fraction of sp³-hybridized carbons (Fsp3) is 0.375. The van der Waals surface area contributed by atoms with E-state index in [4.69, 9.17) is 9.84 Å². The van der Waals surface area contributed by atoms with Crippen molar-refractivity contribution in [2.24, 2.45) is 0 Å². The molecule has 1 aliphatic carbocycles. The molecule has 5 heteroatoms. The third kappa shape index (κ3) is 2.83. The molecule has 2 aromatic rings. The summed E-state index contributed by atoms with van der Waals surface area (Å²) in [6, 6.07) is 7.42. The van der Waals surface area contributed by atoms with Crippen LogP contribution in [0.4, 0.5) is 0 Å². The fourth-order valence-corrected chi connectivity index (χ4v) is 2.39. The molecular weight excluding hydrogens is 268 g/mol. The Morgan fingerprint density at radius 3 is 2.90 bits per heavy atom. The maximum atomic E-state index is 12.3. The first-order valence-corrected chi connectivity index (χ1v) is 7.10. The van der Waals surface area contributed by atoms with Gasteiger partial charge in [-0.25, -0.2) is 0 Å². The molecule has 0 bridgehead atoms. The number of ether oxygens (including phenoxy) is 1. The first-order valence-electron chi connectivity index (χ1n) is 7.10. The Kier molecular flexibility index (Phi) is 3.75. The van der Waals surface area contributed by atoms with Crippen LogP contribution < -0.4 is 10.1 Å². The highest BCUT2D eigenvalue weighted by Gasteiger charge is 2.27. The molecule has 1 saturated carbocycles. The van der Waals surface area contributed by atoms with Crippen LogP contribution in [0, 0.1) is 0 Å². The van der Waals surface area contributed by atoms with E-state index in [0.29, 0.717) is 17.2 Å². The maximum Gasteiger partial charge on any atom is 0.252 e. The van der Waals surface area contributed by atoms with Gasteiger partial charge < -0.3 is 15.2 Å². The van der Waals surface area contributed by atoms with Gasteiger partial charge in [0.1, 0.15) is 5.75 Å². The van der Waals surface area contributed by atoms with E-state index in [0.717, 1.165) is 29.4 Å². The van der Waals surface area contributed by atoms with E-state index in [2.05, 4.69) is 10.3 Å². The van der Waals surface area contributed by atoms with Gasteiger partial charge in [-0.05, 0) is 37.1 Å². The zero-order valence-electron chi connectivity index (χ0n) is 11.9. The van der Waals surface area contributed by atoms with E-state index in [-0.39, 0.29) is 19.1 Å². The molecule has 5 nitrogen and oxygen atoms in total. The van der Waals surface area contributed by atoms with Gasteiger partial charge in [-0.15, -0.1) is 0 Å². The van der Waals surface area contributed by atoms with Gasteiger partial charge in [0, 0.05) is 23.5 Å². The van der Waals surface area contributed by atoms with Gasteiger partial charge in [0.15, 0.2) is 0 Å². The van der Waals surface area contributed by atoms with E-state index in [1.54, 1.807) is 7.11 Å². The van der Waals surface area contributed by atoms with Gasteiger partial charge in [0.25, 0.3) is 5.91 Å². The summed E-state index contributed by atoms with van der Waals surface area (Å²) < 4.78 is 5.23. The molecule has 1 aromatic carbocycles. The Morgan fingerprint density at radius 2 is 2.24 bits per heavy atom. The zero-order chi connectivity index (χ0) is 14.8. The largest absolute Gasteiger partial charge is 0.497 e. The highest BCUT2D eigenvalue weighted by atomic mass is 16.5. The fourth-order valence-electron chi connectivity index (χ4n) is 2.39. The van der Waals surface area contributed by atoms with Gasteiger partial charge in [0.2, 0.25) is 0 Å². The molecule has 1 fully saturated rings. The predicted octanol–water partition coefficient (Wildman–Crippen LogP) is 1.84. The zero-order valence-corrected chi connectivity index (χ0v) is 11.9. The lowest BCUT2D eigenvalue weighted by atomic mass is 10.0. The van der Waals surface area contributed by atoms with Crippen LogP contribution in [0.1, 0.15) is 34.8 Å². The summed E-state index contributed by atoms with van der Waals surface area (Å²) in [5.41, 5.74) is 2.37. The smallest absolute Gasteiger partial charge is 0.252 e. The molecule has 0 saturated heterocycles. The molecule has 0 radical (unpaired) electrons. The molecule has 110 valence electrons. The molecule has 0 unspecified atom stereocenters. The number of fused-ring (bicyclic) bond motifs is 1. The molecule has 1 aliphatic rings. The summed E-state index contributed by atoms with van der Waals surface area (Å²) in [5, 5.41) is 12.3. The second kappa shape index (κ2) is 5.69. The van der Waals surface area contributed by atoms with Crippen molar-refractivity contribution < 1.29 is 14.6 Å². The lowest BCUT2D eigenvalue weighted by molar-refractivity contribution is 0.0946. The Balaban J connectivity index is 2.10. The Morgan fingerprint density at radius 1 is 1.43 bits per heavy atom. The molecule has 0 atom stereocenters. The highest BCUT2D eigenvalue weighted by Crippen LogP contribution is 2.40. The van der Waals surface area contributed by atoms with Crippen LogP contribution in [0.25, 0.3) is 10.9 Å². The summed E-state index contributed by atoms with van der Waals surface area (Å²) in [4.78, 5) is 17.0. The van der Waals surface area contributed by atoms with Crippen molar-refractivity contribution in [3.05, 3.63) is 35.5 Å². The van der Waals surface area contributed by atoms with Crippen molar-refractivity contribution in [1.82, 2.24) is 10.3 Å². The average molecular weight is 286 g/mol. The number of hydrogen-bond acceptors (Lipinski definition) is 4. The summed E-state index contributed by atoms with van der Waals surface area (Å²) in [5.74, 6) is 0.979. The van der Waals surface area contributed by atoms with Crippen molar-refractivity contribution in [1.29, 1.82) is 0 Å². The van der Waals surface area contributed by atoms with Crippen molar-refractivity contribution >= 4 is 16.8 Å². The quantitative estimate of drug-likeness (QED) is 0.880.